The first-order chi connectivity index (χ1) is 10.3. The Balaban J connectivity index is 1.65. The molecule has 0 saturated heterocycles. The van der Waals surface area contributed by atoms with Crippen LogP contribution in [0.25, 0.3) is 10.8 Å². The first-order valence-electron chi connectivity index (χ1n) is 7.10. The standard InChI is InChI=1S/C18H18N2O/c21-18(15-8-10-19-11-9-15)13-20-12-16-6-3-5-14-4-1-2-7-17(14)16/h1-11,18,20-21H,12-13H2. The van der Waals surface area contributed by atoms with Crippen LogP contribution in [-0.4, -0.2) is 16.6 Å². The number of hydrogen-bond acceptors (Lipinski definition) is 3. The van der Waals surface area contributed by atoms with Crippen LogP contribution in [0.3, 0.4) is 0 Å². The molecule has 2 N–H and O–H groups in total. The molecule has 1 unspecified atom stereocenters. The molecule has 0 radical (unpaired) electrons. The molecule has 3 heteroatoms. The average molecular weight is 278 g/mol. The van der Waals surface area contributed by atoms with Gasteiger partial charge in [0, 0.05) is 25.5 Å². The molecule has 0 bridgehead atoms. The van der Waals surface area contributed by atoms with Gasteiger partial charge in [0.15, 0.2) is 0 Å². The third-order valence-electron chi connectivity index (χ3n) is 3.62. The van der Waals surface area contributed by atoms with Crippen LogP contribution >= 0.6 is 0 Å². The summed E-state index contributed by atoms with van der Waals surface area (Å²) in [4.78, 5) is 3.96. The van der Waals surface area contributed by atoms with Gasteiger partial charge in [0.1, 0.15) is 0 Å². The fourth-order valence-electron chi connectivity index (χ4n) is 2.49. The molecule has 106 valence electrons. The van der Waals surface area contributed by atoms with Gasteiger partial charge in [-0.05, 0) is 34.0 Å². The van der Waals surface area contributed by atoms with Crippen molar-refractivity contribution in [2.75, 3.05) is 6.54 Å². The van der Waals surface area contributed by atoms with Crippen molar-refractivity contribution in [2.24, 2.45) is 0 Å². The lowest BCUT2D eigenvalue weighted by Crippen LogP contribution is -2.21. The van der Waals surface area contributed by atoms with Crippen molar-refractivity contribution in [1.29, 1.82) is 0 Å². The highest BCUT2D eigenvalue weighted by Gasteiger charge is 2.07. The predicted octanol–water partition coefficient (Wildman–Crippen LogP) is 3.06. The van der Waals surface area contributed by atoms with E-state index in [2.05, 4.69) is 46.7 Å². The summed E-state index contributed by atoms with van der Waals surface area (Å²) in [5, 5.41) is 15.9. The van der Waals surface area contributed by atoms with Crippen LogP contribution in [0.15, 0.2) is 67.0 Å². The Hall–Kier alpha value is -2.23. The molecule has 1 atom stereocenters. The first-order valence-corrected chi connectivity index (χ1v) is 7.10. The van der Waals surface area contributed by atoms with Gasteiger partial charge in [0.25, 0.3) is 0 Å². The zero-order valence-corrected chi connectivity index (χ0v) is 11.7. The maximum Gasteiger partial charge on any atom is 0.0915 e. The maximum absolute atomic E-state index is 10.1. The van der Waals surface area contributed by atoms with Crippen LogP contribution in [0, 0.1) is 0 Å². The van der Waals surface area contributed by atoms with Crippen LogP contribution in [-0.2, 0) is 6.54 Å². The molecule has 1 aromatic heterocycles. The van der Waals surface area contributed by atoms with E-state index in [-0.39, 0.29) is 0 Å². The van der Waals surface area contributed by atoms with E-state index in [9.17, 15) is 5.11 Å². The molecule has 0 fully saturated rings. The van der Waals surface area contributed by atoms with E-state index in [1.165, 1.54) is 16.3 Å². The van der Waals surface area contributed by atoms with Gasteiger partial charge < -0.3 is 10.4 Å². The Labute approximate surface area is 124 Å². The molecular formula is C18H18N2O. The number of benzene rings is 2. The normalized spacial score (nSPS) is 12.4. The highest BCUT2D eigenvalue weighted by Crippen LogP contribution is 2.18. The number of nitrogens with zero attached hydrogens (tertiary/aromatic N) is 1. The van der Waals surface area contributed by atoms with E-state index < -0.39 is 6.10 Å². The van der Waals surface area contributed by atoms with E-state index >= 15 is 0 Å². The number of fused-ring (bicyclic) bond motifs is 1. The van der Waals surface area contributed by atoms with E-state index in [0.29, 0.717) is 6.54 Å². The predicted molar refractivity (Wildman–Crippen MR) is 84.9 cm³/mol. The fourth-order valence-corrected chi connectivity index (χ4v) is 2.49. The summed E-state index contributed by atoms with van der Waals surface area (Å²) < 4.78 is 0. The lowest BCUT2D eigenvalue weighted by molar-refractivity contribution is 0.174. The highest BCUT2D eigenvalue weighted by molar-refractivity contribution is 5.85. The molecule has 0 saturated carbocycles. The third-order valence-corrected chi connectivity index (χ3v) is 3.62. The summed E-state index contributed by atoms with van der Waals surface area (Å²) in [6.07, 6.45) is 2.88. The van der Waals surface area contributed by atoms with E-state index in [4.69, 9.17) is 0 Å². The minimum absolute atomic E-state index is 0.511. The van der Waals surface area contributed by atoms with Crippen LogP contribution < -0.4 is 5.32 Å². The Morgan fingerprint density at radius 1 is 0.952 bits per heavy atom. The molecule has 0 aliphatic carbocycles. The molecule has 3 rings (SSSR count). The molecular weight excluding hydrogens is 260 g/mol. The molecule has 0 aliphatic heterocycles. The Bertz CT molecular complexity index is 707. The van der Waals surface area contributed by atoms with Gasteiger partial charge in [0.05, 0.1) is 6.10 Å². The first kappa shape index (κ1) is 13.7. The summed E-state index contributed by atoms with van der Waals surface area (Å²) in [6.45, 7) is 1.26. The van der Waals surface area contributed by atoms with Crippen LogP contribution in [0.5, 0.6) is 0 Å². The number of aliphatic hydroxyl groups is 1. The smallest absolute Gasteiger partial charge is 0.0915 e. The molecule has 3 aromatic rings. The zero-order valence-electron chi connectivity index (χ0n) is 11.7. The second-order valence-corrected chi connectivity index (χ2v) is 5.07. The van der Waals surface area contributed by atoms with E-state index in [1.807, 2.05) is 18.2 Å². The summed E-state index contributed by atoms with van der Waals surface area (Å²) in [6, 6.07) is 18.3. The molecule has 1 heterocycles. The lowest BCUT2D eigenvalue weighted by atomic mass is 10.0. The number of nitrogens with one attached hydrogen (secondary N) is 1. The molecule has 21 heavy (non-hydrogen) atoms. The second-order valence-electron chi connectivity index (χ2n) is 5.07. The minimum Gasteiger partial charge on any atom is -0.387 e. The number of hydrogen-bond donors (Lipinski definition) is 2. The van der Waals surface area contributed by atoms with Gasteiger partial charge in [-0.1, -0.05) is 42.5 Å². The molecule has 2 aromatic carbocycles. The molecule has 0 spiro atoms. The van der Waals surface area contributed by atoms with Crippen molar-refractivity contribution >= 4 is 10.8 Å². The number of pyridine rings is 1. The number of rotatable bonds is 5. The lowest BCUT2D eigenvalue weighted by Gasteiger charge is -2.13. The van der Waals surface area contributed by atoms with Gasteiger partial charge in [-0.15, -0.1) is 0 Å². The van der Waals surface area contributed by atoms with E-state index in [0.717, 1.165) is 12.1 Å². The third kappa shape index (κ3) is 3.27. The summed E-state index contributed by atoms with van der Waals surface area (Å²) in [7, 11) is 0. The van der Waals surface area contributed by atoms with Crippen molar-refractivity contribution in [3.63, 3.8) is 0 Å². The molecule has 0 aliphatic rings. The second kappa shape index (κ2) is 6.48. The van der Waals surface area contributed by atoms with Gasteiger partial charge in [0.2, 0.25) is 0 Å². The zero-order chi connectivity index (χ0) is 14.5. The summed E-state index contributed by atoms with van der Waals surface area (Å²) >= 11 is 0. The van der Waals surface area contributed by atoms with Crippen LogP contribution in [0.1, 0.15) is 17.2 Å². The average Bonchev–Trinajstić information content (AvgIpc) is 2.56. The largest absolute Gasteiger partial charge is 0.387 e. The monoisotopic (exact) mass is 278 g/mol. The van der Waals surface area contributed by atoms with Crippen molar-refractivity contribution in [1.82, 2.24) is 10.3 Å². The van der Waals surface area contributed by atoms with Gasteiger partial charge in [-0.25, -0.2) is 0 Å². The Kier molecular flexibility index (Phi) is 4.24. The van der Waals surface area contributed by atoms with Crippen LogP contribution in [0.4, 0.5) is 0 Å². The quantitative estimate of drug-likeness (QED) is 0.754. The van der Waals surface area contributed by atoms with Crippen molar-refractivity contribution in [3.8, 4) is 0 Å². The molecule has 0 amide bonds. The van der Waals surface area contributed by atoms with Crippen molar-refractivity contribution in [2.45, 2.75) is 12.6 Å². The minimum atomic E-state index is -0.511. The Morgan fingerprint density at radius 3 is 2.57 bits per heavy atom. The van der Waals surface area contributed by atoms with Crippen molar-refractivity contribution < 1.29 is 5.11 Å². The van der Waals surface area contributed by atoms with Gasteiger partial charge in [-0.2, -0.15) is 0 Å². The summed E-state index contributed by atoms with van der Waals surface area (Å²) in [5.41, 5.74) is 2.13. The van der Waals surface area contributed by atoms with Crippen LogP contribution in [0.2, 0.25) is 0 Å². The Morgan fingerprint density at radius 2 is 1.71 bits per heavy atom. The number of aliphatic hydroxyl groups excluding tert-OH is 1. The SMILES string of the molecule is OC(CNCc1cccc2ccccc12)c1ccncc1. The fraction of sp³-hybridized carbons (Fsp3) is 0.167. The topological polar surface area (TPSA) is 45.1 Å². The van der Waals surface area contributed by atoms with E-state index in [1.54, 1.807) is 12.4 Å². The molecule has 3 nitrogen and oxygen atoms in total. The van der Waals surface area contributed by atoms with Gasteiger partial charge >= 0.3 is 0 Å². The van der Waals surface area contributed by atoms with Crippen molar-refractivity contribution in [3.05, 3.63) is 78.1 Å². The number of aromatic nitrogens is 1. The highest BCUT2D eigenvalue weighted by atomic mass is 16.3. The maximum atomic E-state index is 10.1. The van der Waals surface area contributed by atoms with Gasteiger partial charge in [-0.3, -0.25) is 4.98 Å². The summed E-state index contributed by atoms with van der Waals surface area (Å²) in [5.74, 6) is 0.